The van der Waals surface area contributed by atoms with Gasteiger partial charge in [-0.15, -0.1) is 0 Å². The minimum Gasteiger partial charge on any atom is -0.0619 e. The maximum absolute atomic E-state index is 2.45. The summed E-state index contributed by atoms with van der Waals surface area (Å²) >= 11 is 2.45. The third kappa shape index (κ3) is 1.83. The molecule has 0 N–H and O–H groups in total. The summed E-state index contributed by atoms with van der Waals surface area (Å²) in [5.74, 6) is 0. The molecule has 0 saturated carbocycles. The summed E-state index contributed by atoms with van der Waals surface area (Å²) in [6, 6.07) is 31.8. The van der Waals surface area contributed by atoms with Crippen molar-refractivity contribution in [3.8, 4) is 22.3 Å². The van der Waals surface area contributed by atoms with Gasteiger partial charge in [-0.1, -0.05) is 78.4 Å². The van der Waals surface area contributed by atoms with Crippen LogP contribution in [0.1, 0.15) is 27.8 Å². The molecule has 1 heteroatoms. The van der Waals surface area contributed by atoms with Crippen LogP contribution in [0.4, 0.5) is 0 Å². The fraction of sp³-hybridized carbons (Fsp3) is 0.0769. The van der Waals surface area contributed by atoms with E-state index < -0.39 is 0 Å². The van der Waals surface area contributed by atoms with E-state index in [0.29, 0.717) is 0 Å². The maximum atomic E-state index is 2.45. The minimum absolute atomic E-state index is 0.203. The van der Waals surface area contributed by atoms with E-state index in [-0.39, 0.29) is 5.41 Å². The second-order valence-electron chi connectivity index (χ2n) is 7.58. The molecule has 0 unspecified atom stereocenters. The molecule has 0 aromatic heterocycles. The molecule has 4 aromatic carbocycles. The second kappa shape index (κ2) is 5.32. The molecule has 0 aliphatic heterocycles. The third-order valence-electron chi connectivity index (χ3n) is 6.21. The van der Waals surface area contributed by atoms with E-state index in [1.165, 1.54) is 53.6 Å². The molecule has 0 nitrogen and oxygen atoms in total. The Bertz CT molecular complexity index is 1150. The lowest BCUT2D eigenvalue weighted by Gasteiger charge is -2.30. The van der Waals surface area contributed by atoms with Crippen LogP contribution in [-0.4, -0.2) is 0 Å². The average molecular weight is 456 g/mol. The Morgan fingerprint density at radius 3 is 1.74 bits per heavy atom. The van der Waals surface area contributed by atoms with Gasteiger partial charge in [-0.25, -0.2) is 0 Å². The molecular formula is C26H17I. The summed E-state index contributed by atoms with van der Waals surface area (Å²) in [6.07, 6.45) is 0. The molecule has 0 heterocycles. The van der Waals surface area contributed by atoms with Crippen molar-refractivity contribution >= 4 is 22.6 Å². The van der Waals surface area contributed by atoms with Crippen molar-refractivity contribution in [1.82, 2.24) is 0 Å². The zero-order chi connectivity index (χ0) is 18.2. The molecular weight excluding hydrogens is 439 g/mol. The van der Waals surface area contributed by atoms with Gasteiger partial charge >= 0.3 is 0 Å². The first-order chi connectivity index (χ1) is 13.2. The number of hydrogen-bond donors (Lipinski definition) is 0. The largest absolute Gasteiger partial charge is 0.0726 e. The van der Waals surface area contributed by atoms with Crippen LogP contribution >= 0.6 is 22.6 Å². The Hall–Kier alpha value is -2.39. The summed E-state index contributed by atoms with van der Waals surface area (Å²) in [5.41, 5.74) is 12.3. The van der Waals surface area contributed by atoms with Gasteiger partial charge in [0.25, 0.3) is 0 Å². The Morgan fingerprint density at radius 1 is 0.556 bits per heavy atom. The third-order valence-corrected chi connectivity index (χ3v) is 6.88. The molecule has 1 spiro atoms. The fourth-order valence-electron chi connectivity index (χ4n) is 5.23. The highest BCUT2D eigenvalue weighted by Crippen LogP contribution is 2.62. The molecule has 6 rings (SSSR count). The van der Waals surface area contributed by atoms with E-state index in [2.05, 4.69) is 114 Å². The first kappa shape index (κ1) is 15.6. The zero-order valence-corrected chi connectivity index (χ0v) is 17.1. The van der Waals surface area contributed by atoms with Crippen LogP contribution < -0.4 is 0 Å². The predicted molar refractivity (Wildman–Crippen MR) is 120 cm³/mol. The van der Waals surface area contributed by atoms with Crippen molar-refractivity contribution in [2.45, 2.75) is 12.3 Å². The average Bonchev–Trinajstić information content (AvgIpc) is 3.14. The van der Waals surface area contributed by atoms with Gasteiger partial charge in [-0.3, -0.25) is 0 Å². The topological polar surface area (TPSA) is 0 Å². The normalized spacial score (nSPS) is 14.6. The molecule has 0 radical (unpaired) electrons. The van der Waals surface area contributed by atoms with Gasteiger partial charge in [0.2, 0.25) is 0 Å². The van der Waals surface area contributed by atoms with Crippen molar-refractivity contribution in [2.75, 3.05) is 0 Å². The summed E-state index contributed by atoms with van der Waals surface area (Å²) in [7, 11) is 0. The molecule has 2 aliphatic rings. The van der Waals surface area contributed by atoms with Crippen LogP contribution in [0.5, 0.6) is 0 Å². The lowest BCUT2D eigenvalue weighted by Crippen LogP contribution is -2.26. The minimum atomic E-state index is -0.203. The first-order valence-corrected chi connectivity index (χ1v) is 10.4. The lowest BCUT2D eigenvalue weighted by atomic mass is 9.70. The van der Waals surface area contributed by atoms with Crippen LogP contribution in [0.25, 0.3) is 22.3 Å². The second-order valence-corrected chi connectivity index (χ2v) is 8.83. The molecule has 0 saturated heterocycles. The Labute approximate surface area is 173 Å². The van der Waals surface area contributed by atoms with Crippen molar-refractivity contribution in [3.63, 3.8) is 0 Å². The summed E-state index contributed by atoms with van der Waals surface area (Å²) < 4.78 is 1.29. The number of halogens is 1. The van der Waals surface area contributed by atoms with Gasteiger partial charge in [0.1, 0.15) is 0 Å². The Morgan fingerprint density at radius 2 is 1.07 bits per heavy atom. The van der Waals surface area contributed by atoms with E-state index in [0.717, 1.165) is 0 Å². The van der Waals surface area contributed by atoms with Crippen LogP contribution in [0.2, 0.25) is 0 Å². The predicted octanol–water partition coefficient (Wildman–Crippen LogP) is 6.94. The molecule has 0 bridgehead atoms. The first-order valence-electron chi connectivity index (χ1n) is 9.32. The molecule has 27 heavy (non-hydrogen) atoms. The van der Waals surface area contributed by atoms with Gasteiger partial charge < -0.3 is 0 Å². The van der Waals surface area contributed by atoms with E-state index >= 15 is 0 Å². The monoisotopic (exact) mass is 456 g/mol. The van der Waals surface area contributed by atoms with Crippen molar-refractivity contribution in [1.29, 1.82) is 0 Å². The maximum Gasteiger partial charge on any atom is 0.0726 e. The van der Waals surface area contributed by atoms with Crippen molar-refractivity contribution < 1.29 is 0 Å². The number of rotatable bonds is 0. The molecule has 4 aromatic rings. The van der Waals surface area contributed by atoms with Crippen LogP contribution in [0, 0.1) is 10.5 Å². The molecule has 0 amide bonds. The Kier molecular flexibility index (Phi) is 3.09. The highest BCUT2D eigenvalue weighted by molar-refractivity contribution is 14.1. The smallest absolute Gasteiger partial charge is 0.0619 e. The van der Waals surface area contributed by atoms with Gasteiger partial charge in [0, 0.05) is 3.57 Å². The Balaban J connectivity index is 1.88. The van der Waals surface area contributed by atoms with E-state index in [1.54, 1.807) is 0 Å². The van der Waals surface area contributed by atoms with Gasteiger partial charge in [-0.05, 0) is 86.2 Å². The van der Waals surface area contributed by atoms with Gasteiger partial charge in [0.05, 0.1) is 5.41 Å². The highest BCUT2D eigenvalue weighted by Gasteiger charge is 2.51. The SMILES string of the molecule is Cc1ccc2c(c1)C1(c3ccccc3-c3ccccc31)c1cc(I)ccc1-2. The number of aryl methyl sites for hydroxylation is 1. The van der Waals surface area contributed by atoms with Crippen LogP contribution in [0.15, 0.2) is 84.9 Å². The van der Waals surface area contributed by atoms with Crippen LogP contribution in [-0.2, 0) is 5.41 Å². The van der Waals surface area contributed by atoms with E-state index in [9.17, 15) is 0 Å². The summed E-state index contributed by atoms with van der Waals surface area (Å²) in [6.45, 7) is 2.20. The molecule has 0 atom stereocenters. The molecule has 2 aliphatic carbocycles. The van der Waals surface area contributed by atoms with Crippen molar-refractivity contribution in [2.24, 2.45) is 0 Å². The summed E-state index contributed by atoms with van der Waals surface area (Å²) in [5, 5.41) is 0. The number of hydrogen-bond acceptors (Lipinski definition) is 0. The highest BCUT2D eigenvalue weighted by atomic mass is 127. The van der Waals surface area contributed by atoms with E-state index in [4.69, 9.17) is 0 Å². The van der Waals surface area contributed by atoms with Crippen LogP contribution in [0.3, 0.4) is 0 Å². The number of fused-ring (bicyclic) bond motifs is 10. The van der Waals surface area contributed by atoms with E-state index in [1.807, 2.05) is 0 Å². The lowest BCUT2D eigenvalue weighted by molar-refractivity contribution is 0.792. The molecule has 0 fully saturated rings. The van der Waals surface area contributed by atoms with Gasteiger partial charge in [-0.2, -0.15) is 0 Å². The summed E-state index contributed by atoms with van der Waals surface area (Å²) in [4.78, 5) is 0. The fourth-order valence-corrected chi connectivity index (χ4v) is 5.72. The van der Waals surface area contributed by atoms with Gasteiger partial charge in [0.15, 0.2) is 0 Å². The van der Waals surface area contributed by atoms with Crippen molar-refractivity contribution in [3.05, 3.63) is 116 Å². The molecule has 128 valence electrons. The quantitative estimate of drug-likeness (QED) is 0.217. The number of benzene rings is 4. The zero-order valence-electron chi connectivity index (χ0n) is 15.0. The standard InChI is InChI=1S/C26H17I/c1-16-10-12-20-21-13-11-17(27)15-25(21)26(24(20)14-16)22-8-4-2-6-18(22)19-7-3-5-9-23(19)26/h2-15H,1H3.